The molecule has 1 atom stereocenters. The number of benzene rings is 2. The van der Waals surface area contributed by atoms with Crippen LogP contribution in [0.1, 0.15) is 30.8 Å². The number of hydrogen-bond donors (Lipinski definition) is 2. The number of aromatic nitrogens is 2. The lowest BCUT2D eigenvalue weighted by Gasteiger charge is -2.16. The van der Waals surface area contributed by atoms with Crippen LogP contribution in [0, 0.1) is 18.6 Å². The highest BCUT2D eigenvalue weighted by Crippen LogP contribution is 2.18. The standard InChI is InChI=1S/C20H22F2N4O/c1-13(16-9-8-15(21)12-17(16)22)24-20(27)23-10-5-11-26-14(2)25-18-6-3-4-7-19(18)26/h3-4,6-9,12-13H,5,10-11H2,1-2H3,(H2,23,24,27). The van der Waals surface area contributed by atoms with Crippen LogP contribution in [0.15, 0.2) is 42.5 Å². The van der Waals surface area contributed by atoms with Crippen molar-refractivity contribution in [2.24, 2.45) is 0 Å². The molecule has 0 saturated heterocycles. The van der Waals surface area contributed by atoms with E-state index in [0.717, 1.165) is 35.9 Å². The molecule has 142 valence electrons. The summed E-state index contributed by atoms with van der Waals surface area (Å²) >= 11 is 0. The summed E-state index contributed by atoms with van der Waals surface area (Å²) in [5, 5.41) is 5.42. The van der Waals surface area contributed by atoms with Gasteiger partial charge in [0.2, 0.25) is 0 Å². The zero-order chi connectivity index (χ0) is 19.4. The smallest absolute Gasteiger partial charge is 0.315 e. The van der Waals surface area contributed by atoms with Crippen molar-refractivity contribution in [1.82, 2.24) is 20.2 Å². The molecule has 0 aliphatic heterocycles. The Morgan fingerprint density at radius 1 is 1.22 bits per heavy atom. The normalized spacial score (nSPS) is 12.1. The molecule has 1 unspecified atom stereocenters. The number of carbonyl (C=O) groups is 1. The summed E-state index contributed by atoms with van der Waals surface area (Å²) in [5.74, 6) is -0.387. The van der Waals surface area contributed by atoms with E-state index in [9.17, 15) is 13.6 Å². The minimum absolute atomic E-state index is 0.243. The minimum atomic E-state index is -0.676. The van der Waals surface area contributed by atoms with Crippen molar-refractivity contribution in [3.8, 4) is 0 Å². The number of carbonyl (C=O) groups excluding carboxylic acids is 1. The number of nitrogens with one attached hydrogen (secondary N) is 2. The maximum Gasteiger partial charge on any atom is 0.315 e. The topological polar surface area (TPSA) is 59.0 Å². The summed E-state index contributed by atoms with van der Waals surface area (Å²) in [6.45, 7) is 4.81. The van der Waals surface area contributed by atoms with Gasteiger partial charge in [-0.1, -0.05) is 18.2 Å². The summed E-state index contributed by atoms with van der Waals surface area (Å²) in [5.41, 5.74) is 2.27. The van der Waals surface area contributed by atoms with Gasteiger partial charge in [-0.2, -0.15) is 0 Å². The Morgan fingerprint density at radius 3 is 2.78 bits per heavy atom. The van der Waals surface area contributed by atoms with Crippen molar-refractivity contribution in [2.75, 3.05) is 6.54 Å². The average Bonchev–Trinajstić information content (AvgIpc) is 2.94. The summed E-state index contributed by atoms with van der Waals surface area (Å²) in [4.78, 5) is 16.5. The number of nitrogens with zero attached hydrogens (tertiary/aromatic N) is 2. The SMILES string of the molecule is Cc1nc2ccccc2n1CCCNC(=O)NC(C)c1ccc(F)cc1F. The van der Waals surface area contributed by atoms with Gasteiger partial charge in [-0.25, -0.2) is 18.6 Å². The first-order chi connectivity index (χ1) is 13.0. The Kier molecular flexibility index (Phi) is 5.69. The maximum absolute atomic E-state index is 13.8. The van der Waals surface area contributed by atoms with Crippen molar-refractivity contribution in [1.29, 1.82) is 0 Å². The van der Waals surface area contributed by atoms with Gasteiger partial charge in [0.1, 0.15) is 17.5 Å². The van der Waals surface area contributed by atoms with Gasteiger partial charge >= 0.3 is 6.03 Å². The van der Waals surface area contributed by atoms with E-state index in [0.29, 0.717) is 6.54 Å². The lowest BCUT2D eigenvalue weighted by molar-refractivity contribution is 0.237. The summed E-state index contributed by atoms with van der Waals surface area (Å²) < 4.78 is 28.9. The van der Waals surface area contributed by atoms with Crippen LogP contribution in [-0.4, -0.2) is 22.1 Å². The van der Waals surface area contributed by atoms with Crippen LogP contribution < -0.4 is 10.6 Å². The largest absolute Gasteiger partial charge is 0.338 e. The Bertz CT molecular complexity index is 954. The van der Waals surface area contributed by atoms with Crippen molar-refractivity contribution < 1.29 is 13.6 Å². The molecular weight excluding hydrogens is 350 g/mol. The van der Waals surface area contributed by atoms with E-state index in [1.165, 1.54) is 12.1 Å². The van der Waals surface area contributed by atoms with Gasteiger partial charge in [-0.15, -0.1) is 0 Å². The summed E-state index contributed by atoms with van der Waals surface area (Å²) in [6.07, 6.45) is 0.730. The number of aryl methyl sites for hydroxylation is 2. The lowest BCUT2D eigenvalue weighted by atomic mass is 10.1. The number of urea groups is 1. The predicted octanol–water partition coefficient (Wildman–Crippen LogP) is 4.07. The predicted molar refractivity (Wildman–Crippen MR) is 100 cm³/mol. The van der Waals surface area contributed by atoms with Crippen molar-refractivity contribution in [2.45, 2.75) is 32.9 Å². The quantitative estimate of drug-likeness (QED) is 0.641. The first-order valence-corrected chi connectivity index (χ1v) is 8.87. The van der Waals surface area contributed by atoms with Crippen molar-refractivity contribution in [3.63, 3.8) is 0 Å². The Balaban J connectivity index is 1.49. The first-order valence-electron chi connectivity index (χ1n) is 8.87. The third kappa shape index (κ3) is 4.42. The minimum Gasteiger partial charge on any atom is -0.338 e. The molecule has 0 aliphatic rings. The van der Waals surface area contributed by atoms with E-state index < -0.39 is 23.7 Å². The number of imidazole rings is 1. The number of amides is 2. The molecule has 3 aromatic rings. The molecule has 1 aromatic heterocycles. The Hall–Kier alpha value is -2.96. The molecule has 2 aromatic carbocycles. The summed E-state index contributed by atoms with van der Waals surface area (Å²) in [6, 6.07) is 10.3. The molecule has 5 nitrogen and oxygen atoms in total. The fourth-order valence-corrected chi connectivity index (χ4v) is 3.10. The van der Waals surface area contributed by atoms with Crippen LogP contribution in [0.2, 0.25) is 0 Å². The highest BCUT2D eigenvalue weighted by molar-refractivity contribution is 5.76. The van der Waals surface area contributed by atoms with E-state index in [1.807, 2.05) is 31.2 Å². The molecule has 2 amide bonds. The third-order valence-corrected chi connectivity index (χ3v) is 4.47. The number of rotatable bonds is 6. The van der Waals surface area contributed by atoms with E-state index in [2.05, 4.69) is 20.2 Å². The van der Waals surface area contributed by atoms with Crippen LogP contribution in [-0.2, 0) is 6.54 Å². The average molecular weight is 372 g/mol. The number of para-hydroxylation sites is 2. The fraction of sp³-hybridized carbons (Fsp3) is 0.300. The first kappa shape index (κ1) is 18.8. The maximum atomic E-state index is 13.8. The van der Waals surface area contributed by atoms with Crippen molar-refractivity contribution in [3.05, 3.63) is 65.5 Å². The molecule has 0 radical (unpaired) electrons. The van der Waals surface area contributed by atoms with E-state index in [-0.39, 0.29) is 5.56 Å². The highest BCUT2D eigenvalue weighted by atomic mass is 19.1. The van der Waals surface area contributed by atoms with Gasteiger partial charge in [-0.3, -0.25) is 0 Å². The van der Waals surface area contributed by atoms with Crippen LogP contribution in [0.3, 0.4) is 0 Å². The van der Waals surface area contributed by atoms with Gasteiger partial charge in [0.15, 0.2) is 0 Å². The van der Waals surface area contributed by atoms with Crippen LogP contribution in [0.25, 0.3) is 11.0 Å². The van der Waals surface area contributed by atoms with Gasteiger partial charge in [0.25, 0.3) is 0 Å². The lowest BCUT2D eigenvalue weighted by Crippen LogP contribution is -2.38. The highest BCUT2D eigenvalue weighted by Gasteiger charge is 2.14. The molecule has 7 heteroatoms. The van der Waals surface area contributed by atoms with E-state index in [4.69, 9.17) is 0 Å². The van der Waals surface area contributed by atoms with Gasteiger partial charge < -0.3 is 15.2 Å². The summed E-state index contributed by atoms with van der Waals surface area (Å²) in [7, 11) is 0. The van der Waals surface area contributed by atoms with Crippen molar-refractivity contribution >= 4 is 17.1 Å². The Morgan fingerprint density at radius 2 is 2.00 bits per heavy atom. The molecular formula is C20H22F2N4O. The molecule has 0 fully saturated rings. The fourth-order valence-electron chi connectivity index (χ4n) is 3.10. The molecule has 0 spiro atoms. The van der Waals surface area contributed by atoms with Crippen LogP contribution >= 0.6 is 0 Å². The second-order valence-electron chi connectivity index (χ2n) is 6.44. The molecule has 27 heavy (non-hydrogen) atoms. The van der Waals surface area contributed by atoms with Gasteiger partial charge in [0.05, 0.1) is 17.1 Å². The third-order valence-electron chi connectivity index (χ3n) is 4.47. The van der Waals surface area contributed by atoms with Crippen LogP contribution in [0.5, 0.6) is 0 Å². The number of fused-ring (bicyclic) bond motifs is 1. The zero-order valence-corrected chi connectivity index (χ0v) is 15.3. The second kappa shape index (κ2) is 8.16. The number of hydrogen-bond acceptors (Lipinski definition) is 2. The van der Waals surface area contributed by atoms with E-state index >= 15 is 0 Å². The second-order valence-corrected chi connectivity index (χ2v) is 6.44. The molecule has 1 heterocycles. The molecule has 0 aliphatic carbocycles. The van der Waals surface area contributed by atoms with Gasteiger partial charge in [0, 0.05) is 24.7 Å². The Labute approximate surface area is 156 Å². The van der Waals surface area contributed by atoms with Gasteiger partial charge in [-0.05, 0) is 38.5 Å². The molecule has 2 N–H and O–H groups in total. The van der Waals surface area contributed by atoms with E-state index in [1.54, 1.807) is 6.92 Å². The molecule has 0 bridgehead atoms. The number of halogens is 2. The monoisotopic (exact) mass is 372 g/mol. The zero-order valence-electron chi connectivity index (χ0n) is 15.3. The molecule has 0 saturated carbocycles. The van der Waals surface area contributed by atoms with Crippen LogP contribution in [0.4, 0.5) is 13.6 Å². The molecule has 3 rings (SSSR count).